The van der Waals surface area contributed by atoms with E-state index in [-0.39, 0.29) is 5.57 Å². The summed E-state index contributed by atoms with van der Waals surface area (Å²) < 4.78 is 6.44. The Bertz CT molecular complexity index is 934. The number of anilines is 1. The molecule has 1 saturated heterocycles. The number of ether oxygens (including phenoxy) is 1. The van der Waals surface area contributed by atoms with Gasteiger partial charge < -0.3 is 4.74 Å². The number of halogens is 1. The lowest BCUT2D eigenvalue weighted by atomic mass is 10.1. The van der Waals surface area contributed by atoms with Crippen molar-refractivity contribution in [1.82, 2.24) is 5.32 Å². The lowest BCUT2D eigenvalue weighted by Gasteiger charge is -2.26. The van der Waals surface area contributed by atoms with E-state index in [4.69, 9.17) is 4.74 Å². The number of nitrogens with one attached hydrogen (secondary N) is 1. The monoisotopic (exact) mass is 442 g/mol. The number of benzene rings is 2. The molecule has 2 aromatic rings. The fraction of sp³-hybridized carbons (Fsp3) is 0.190. The van der Waals surface area contributed by atoms with Crippen molar-refractivity contribution in [3.05, 3.63) is 64.1 Å². The molecule has 0 aromatic heterocycles. The number of hydrogen-bond donors (Lipinski definition) is 1. The van der Waals surface area contributed by atoms with Gasteiger partial charge in [0.15, 0.2) is 0 Å². The Morgan fingerprint density at radius 3 is 2.29 bits per heavy atom. The summed E-state index contributed by atoms with van der Waals surface area (Å²) >= 11 is 3.31. The molecule has 1 fully saturated rings. The summed E-state index contributed by atoms with van der Waals surface area (Å²) in [6.45, 7) is 4.72. The van der Waals surface area contributed by atoms with E-state index in [1.54, 1.807) is 48.5 Å². The van der Waals surface area contributed by atoms with Crippen LogP contribution >= 0.6 is 15.9 Å². The molecule has 0 radical (unpaired) electrons. The molecule has 0 saturated carbocycles. The molecule has 1 aliphatic rings. The van der Waals surface area contributed by atoms with Crippen LogP contribution in [0.15, 0.2) is 58.6 Å². The second kappa shape index (κ2) is 8.39. The number of rotatable bonds is 5. The Labute approximate surface area is 171 Å². The number of amides is 4. The number of carbonyl (C=O) groups is 3. The number of nitrogens with zero attached hydrogens (tertiary/aromatic N) is 1. The second-order valence-corrected chi connectivity index (χ2v) is 7.62. The first-order chi connectivity index (χ1) is 13.3. The molecule has 1 N–H and O–H groups in total. The van der Waals surface area contributed by atoms with E-state index in [1.165, 1.54) is 6.08 Å². The second-order valence-electron chi connectivity index (χ2n) is 6.71. The third-order valence-electron chi connectivity index (χ3n) is 3.96. The minimum absolute atomic E-state index is 0.113. The number of carbonyl (C=O) groups excluding carboxylic acids is 3. The first-order valence-electron chi connectivity index (χ1n) is 8.75. The Hall–Kier alpha value is -2.93. The van der Waals surface area contributed by atoms with Gasteiger partial charge in [-0.2, -0.15) is 0 Å². The smallest absolute Gasteiger partial charge is 0.335 e. The predicted octanol–water partition coefficient (Wildman–Crippen LogP) is 4.15. The normalized spacial score (nSPS) is 15.9. The molecule has 0 atom stereocenters. The lowest BCUT2D eigenvalue weighted by Crippen LogP contribution is -2.54. The van der Waals surface area contributed by atoms with E-state index in [2.05, 4.69) is 35.1 Å². The standard InChI is InChI=1S/C21H19BrN2O4/c1-13(2)12-28-17-9-3-14(4-10-17)11-18-19(25)23-21(27)24(20(18)26)16-7-5-15(22)6-8-16/h3-11,13H,12H2,1-2H3,(H,23,25,27)/b18-11+. The lowest BCUT2D eigenvalue weighted by molar-refractivity contribution is -0.122. The van der Waals surface area contributed by atoms with Crippen LogP contribution in [0.25, 0.3) is 6.08 Å². The zero-order chi connectivity index (χ0) is 20.3. The predicted molar refractivity (Wildman–Crippen MR) is 110 cm³/mol. The molecule has 0 bridgehead atoms. The van der Waals surface area contributed by atoms with E-state index < -0.39 is 17.8 Å². The van der Waals surface area contributed by atoms with Gasteiger partial charge >= 0.3 is 6.03 Å². The van der Waals surface area contributed by atoms with Crippen molar-refractivity contribution >= 4 is 45.5 Å². The van der Waals surface area contributed by atoms with Crippen molar-refractivity contribution in [3.63, 3.8) is 0 Å². The zero-order valence-electron chi connectivity index (χ0n) is 15.4. The van der Waals surface area contributed by atoms with Gasteiger partial charge in [-0.25, -0.2) is 9.69 Å². The Morgan fingerprint density at radius 1 is 1.04 bits per heavy atom. The molecule has 4 amide bonds. The van der Waals surface area contributed by atoms with Crippen LogP contribution in [0.4, 0.5) is 10.5 Å². The van der Waals surface area contributed by atoms with Crippen molar-refractivity contribution < 1.29 is 19.1 Å². The first kappa shape index (κ1) is 19.8. The molecule has 0 aliphatic carbocycles. The zero-order valence-corrected chi connectivity index (χ0v) is 17.0. The van der Waals surface area contributed by atoms with Crippen LogP contribution in [0.3, 0.4) is 0 Å². The van der Waals surface area contributed by atoms with Gasteiger partial charge in [0.1, 0.15) is 11.3 Å². The average molecular weight is 443 g/mol. The minimum atomic E-state index is -0.771. The largest absolute Gasteiger partial charge is 0.493 e. The summed E-state index contributed by atoms with van der Waals surface area (Å²) in [7, 11) is 0. The number of urea groups is 1. The first-order valence-corrected chi connectivity index (χ1v) is 9.54. The SMILES string of the molecule is CC(C)COc1ccc(/C=C2\C(=O)NC(=O)N(c3ccc(Br)cc3)C2=O)cc1. The molecule has 1 aliphatic heterocycles. The van der Waals surface area contributed by atoms with Gasteiger partial charge in [-0.15, -0.1) is 0 Å². The summed E-state index contributed by atoms with van der Waals surface area (Å²) in [4.78, 5) is 38.2. The molecule has 2 aromatic carbocycles. The highest BCUT2D eigenvalue weighted by Gasteiger charge is 2.36. The van der Waals surface area contributed by atoms with Crippen LogP contribution in [0, 0.1) is 5.92 Å². The van der Waals surface area contributed by atoms with Crippen molar-refractivity contribution in [2.24, 2.45) is 5.92 Å². The average Bonchev–Trinajstić information content (AvgIpc) is 2.66. The number of hydrogen-bond acceptors (Lipinski definition) is 4. The molecular weight excluding hydrogens is 424 g/mol. The van der Waals surface area contributed by atoms with Gasteiger partial charge in [-0.05, 0) is 54.0 Å². The Balaban J connectivity index is 1.85. The molecule has 0 unspecified atom stereocenters. The summed E-state index contributed by atoms with van der Waals surface area (Å²) in [5.41, 5.74) is 0.917. The maximum Gasteiger partial charge on any atom is 0.335 e. The molecule has 1 heterocycles. The van der Waals surface area contributed by atoms with Crippen LogP contribution in [0.2, 0.25) is 0 Å². The van der Waals surface area contributed by atoms with Gasteiger partial charge in [0.25, 0.3) is 11.8 Å². The molecule has 7 heteroatoms. The van der Waals surface area contributed by atoms with E-state index in [0.29, 0.717) is 29.5 Å². The minimum Gasteiger partial charge on any atom is -0.493 e. The van der Waals surface area contributed by atoms with E-state index in [9.17, 15) is 14.4 Å². The molecule has 28 heavy (non-hydrogen) atoms. The van der Waals surface area contributed by atoms with Gasteiger partial charge in [-0.1, -0.05) is 41.9 Å². The molecule has 3 rings (SSSR count). The maximum absolute atomic E-state index is 12.8. The fourth-order valence-corrected chi connectivity index (χ4v) is 2.84. The van der Waals surface area contributed by atoms with Crippen LogP contribution in [-0.2, 0) is 9.59 Å². The van der Waals surface area contributed by atoms with E-state index in [0.717, 1.165) is 9.37 Å². The van der Waals surface area contributed by atoms with E-state index >= 15 is 0 Å². The van der Waals surface area contributed by atoms with Gasteiger partial charge in [0, 0.05) is 4.47 Å². The number of imide groups is 2. The van der Waals surface area contributed by atoms with Crippen LogP contribution < -0.4 is 15.0 Å². The van der Waals surface area contributed by atoms with Crippen molar-refractivity contribution in [3.8, 4) is 5.75 Å². The van der Waals surface area contributed by atoms with Crippen LogP contribution in [0.5, 0.6) is 5.75 Å². The highest BCUT2D eigenvalue weighted by atomic mass is 79.9. The Morgan fingerprint density at radius 2 is 1.68 bits per heavy atom. The maximum atomic E-state index is 12.8. The topological polar surface area (TPSA) is 75.7 Å². The summed E-state index contributed by atoms with van der Waals surface area (Å²) in [6, 6.07) is 13.0. The third kappa shape index (κ3) is 4.48. The summed E-state index contributed by atoms with van der Waals surface area (Å²) in [5.74, 6) is -0.269. The van der Waals surface area contributed by atoms with Crippen molar-refractivity contribution in [2.75, 3.05) is 11.5 Å². The fourth-order valence-electron chi connectivity index (χ4n) is 2.57. The van der Waals surface area contributed by atoms with Gasteiger partial charge in [0.2, 0.25) is 0 Å². The molecular formula is C21H19BrN2O4. The van der Waals surface area contributed by atoms with Gasteiger partial charge in [-0.3, -0.25) is 14.9 Å². The molecule has 0 spiro atoms. The summed E-state index contributed by atoms with van der Waals surface area (Å²) in [6.07, 6.45) is 1.46. The van der Waals surface area contributed by atoms with Crippen molar-refractivity contribution in [2.45, 2.75) is 13.8 Å². The van der Waals surface area contributed by atoms with E-state index in [1.807, 2.05) is 0 Å². The third-order valence-corrected chi connectivity index (χ3v) is 4.49. The highest BCUT2D eigenvalue weighted by molar-refractivity contribution is 9.10. The molecule has 6 nitrogen and oxygen atoms in total. The van der Waals surface area contributed by atoms with Crippen molar-refractivity contribution in [1.29, 1.82) is 0 Å². The van der Waals surface area contributed by atoms with Crippen LogP contribution in [-0.4, -0.2) is 24.5 Å². The quantitative estimate of drug-likeness (QED) is 0.557. The van der Waals surface area contributed by atoms with Crippen LogP contribution in [0.1, 0.15) is 19.4 Å². The summed E-state index contributed by atoms with van der Waals surface area (Å²) in [5, 5.41) is 2.21. The molecule has 144 valence electrons. The highest BCUT2D eigenvalue weighted by Crippen LogP contribution is 2.24. The number of barbiturate groups is 1. The van der Waals surface area contributed by atoms with Gasteiger partial charge in [0.05, 0.1) is 12.3 Å². The Kier molecular flexibility index (Phi) is 5.94.